The molecule has 0 aliphatic rings. The molecule has 0 saturated carbocycles. The first-order valence-corrected chi connectivity index (χ1v) is 11.1. The second-order valence-corrected chi connectivity index (χ2v) is 8.12. The number of aromatic nitrogens is 4. The molecule has 0 saturated heterocycles. The van der Waals surface area contributed by atoms with Gasteiger partial charge in [0, 0.05) is 24.7 Å². The molecule has 3 aromatic heterocycles. The van der Waals surface area contributed by atoms with Gasteiger partial charge in [-0.25, -0.2) is 18.7 Å². The van der Waals surface area contributed by atoms with E-state index < -0.39 is 41.1 Å². The highest BCUT2D eigenvalue weighted by atomic mass is 19.4. The number of nitrogens with one attached hydrogen (secondary N) is 3. The van der Waals surface area contributed by atoms with Gasteiger partial charge in [0.1, 0.15) is 17.1 Å². The lowest BCUT2D eigenvalue weighted by Gasteiger charge is -2.14. The number of para-hydroxylation sites is 1. The molecule has 0 aliphatic carbocycles. The van der Waals surface area contributed by atoms with E-state index in [0.29, 0.717) is 16.7 Å². The molecule has 0 atom stereocenters. The van der Waals surface area contributed by atoms with Crippen LogP contribution in [-0.4, -0.2) is 37.8 Å². The van der Waals surface area contributed by atoms with Crippen molar-refractivity contribution < 1.29 is 36.3 Å². The molecule has 200 valence electrons. The van der Waals surface area contributed by atoms with Gasteiger partial charge in [-0.05, 0) is 23.8 Å². The van der Waals surface area contributed by atoms with Crippen LogP contribution in [-0.2, 0) is 13.1 Å². The Balaban J connectivity index is 1.36. The molecule has 0 spiro atoms. The number of benzene rings is 2. The predicted molar refractivity (Wildman–Crippen MR) is 125 cm³/mol. The number of oxazole rings is 1. The quantitative estimate of drug-likeness (QED) is 0.267. The highest BCUT2D eigenvalue weighted by Crippen LogP contribution is 2.26. The third-order valence-corrected chi connectivity index (χ3v) is 5.47. The van der Waals surface area contributed by atoms with Crippen molar-refractivity contribution in [1.29, 1.82) is 0 Å². The van der Waals surface area contributed by atoms with Crippen LogP contribution in [0.3, 0.4) is 0 Å². The Hall–Kier alpha value is -5.21. The Labute approximate surface area is 214 Å². The molecule has 0 bridgehead atoms. The van der Waals surface area contributed by atoms with E-state index >= 15 is 0 Å². The van der Waals surface area contributed by atoms with Crippen molar-refractivity contribution in [1.82, 2.24) is 30.2 Å². The van der Waals surface area contributed by atoms with Crippen LogP contribution in [0.15, 0.2) is 63.9 Å². The van der Waals surface area contributed by atoms with E-state index in [1.807, 2.05) is 0 Å². The Kier molecular flexibility index (Phi) is 6.47. The monoisotopic (exact) mass is 544 g/mol. The van der Waals surface area contributed by atoms with E-state index in [0.717, 1.165) is 22.8 Å². The number of fused-ring (bicyclic) bond motifs is 2. The first kappa shape index (κ1) is 25.4. The zero-order valence-corrected chi connectivity index (χ0v) is 19.5. The van der Waals surface area contributed by atoms with E-state index in [-0.39, 0.29) is 30.0 Å². The maximum Gasteiger partial charge on any atom is 0.573 e. The van der Waals surface area contributed by atoms with Gasteiger partial charge < -0.3 is 19.8 Å². The maximum atomic E-state index is 14.3. The standard InChI is InChI=1S/C24H16F4N6O5/c25-14-11-31-34-17(22(36)30-10-13-3-1-2-4-18(13)39-24(26,27)28)8-16(32-20(14)34)21(35)29-9-12-5-6-19-15(7-12)33-23(37)38-19/h1-8,11H,9-10H2,(H,29,35)(H,30,36)(H,33,37). The summed E-state index contributed by atoms with van der Waals surface area (Å²) >= 11 is 0. The van der Waals surface area contributed by atoms with Crippen molar-refractivity contribution in [2.75, 3.05) is 0 Å². The van der Waals surface area contributed by atoms with Crippen LogP contribution in [0.2, 0.25) is 0 Å². The smallest absolute Gasteiger partial charge is 0.408 e. The number of hydrogen-bond acceptors (Lipinski definition) is 7. The molecule has 5 rings (SSSR count). The second kappa shape index (κ2) is 9.92. The van der Waals surface area contributed by atoms with Crippen molar-refractivity contribution in [2.24, 2.45) is 0 Å². The van der Waals surface area contributed by atoms with Crippen molar-refractivity contribution in [3.63, 3.8) is 0 Å². The number of ether oxygens (including phenoxy) is 1. The van der Waals surface area contributed by atoms with Crippen LogP contribution in [0.4, 0.5) is 17.6 Å². The molecule has 0 fully saturated rings. The summed E-state index contributed by atoms with van der Waals surface area (Å²) in [4.78, 5) is 43.6. The zero-order valence-electron chi connectivity index (χ0n) is 19.5. The topological polar surface area (TPSA) is 144 Å². The van der Waals surface area contributed by atoms with Crippen LogP contribution in [0.25, 0.3) is 16.7 Å². The minimum atomic E-state index is -4.94. The van der Waals surface area contributed by atoms with Gasteiger partial charge in [0.25, 0.3) is 11.8 Å². The number of carbonyl (C=O) groups excluding carboxylic acids is 2. The number of carbonyl (C=O) groups is 2. The molecule has 0 unspecified atom stereocenters. The molecule has 3 N–H and O–H groups in total. The van der Waals surface area contributed by atoms with Crippen molar-refractivity contribution in [2.45, 2.75) is 19.5 Å². The first-order valence-electron chi connectivity index (χ1n) is 11.1. The zero-order chi connectivity index (χ0) is 27.7. The molecule has 2 aromatic carbocycles. The minimum absolute atomic E-state index is 0.00585. The fourth-order valence-corrected chi connectivity index (χ4v) is 3.74. The number of amides is 2. The Morgan fingerprint density at radius 3 is 2.62 bits per heavy atom. The lowest BCUT2D eigenvalue weighted by molar-refractivity contribution is -0.274. The SMILES string of the molecule is O=C(NCc1ccc2oc(=O)[nH]c2c1)c1cc(C(=O)NCc2ccccc2OC(F)(F)F)n2ncc(F)c2n1. The van der Waals surface area contributed by atoms with E-state index in [4.69, 9.17) is 4.42 Å². The first-order chi connectivity index (χ1) is 18.6. The lowest BCUT2D eigenvalue weighted by Crippen LogP contribution is -2.29. The lowest BCUT2D eigenvalue weighted by atomic mass is 10.2. The average molecular weight is 544 g/mol. The molecule has 2 amide bonds. The van der Waals surface area contributed by atoms with Crippen molar-refractivity contribution >= 4 is 28.6 Å². The summed E-state index contributed by atoms with van der Waals surface area (Å²) < 4.78 is 62.2. The molecule has 15 heteroatoms. The van der Waals surface area contributed by atoms with Gasteiger partial charge >= 0.3 is 12.1 Å². The van der Waals surface area contributed by atoms with E-state index in [9.17, 15) is 31.9 Å². The van der Waals surface area contributed by atoms with Gasteiger partial charge in [0.15, 0.2) is 17.0 Å². The summed E-state index contributed by atoms with van der Waals surface area (Å²) in [5.74, 6) is -3.66. The number of alkyl halides is 3. The van der Waals surface area contributed by atoms with E-state index in [2.05, 4.69) is 30.4 Å². The molecular weight excluding hydrogens is 528 g/mol. The number of H-pyrrole nitrogens is 1. The number of nitrogens with zero attached hydrogens (tertiary/aromatic N) is 3. The number of halogens is 4. The van der Waals surface area contributed by atoms with Gasteiger partial charge in [-0.3, -0.25) is 14.6 Å². The van der Waals surface area contributed by atoms with Crippen LogP contribution in [0, 0.1) is 5.82 Å². The normalized spacial score (nSPS) is 11.6. The molecule has 5 aromatic rings. The fourth-order valence-electron chi connectivity index (χ4n) is 3.74. The summed E-state index contributed by atoms with van der Waals surface area (Å²) in [6.07, 6.45) is -4.14. The van der Waals surface area contributed by atoms with Crippen LogP contribution in [0.1, 0.15) is 32.1 Å². The third-order valence-electron chi connectivity index (χ3n) is 5.47. The van der Waals surface area contributed by atoms with Crippen LogP contribution < -0.4 is 21.1 Å². The number of hydrogen-bond donors (Lipinski definition) is 3. The maximum absolute atomic E-state index is 14.3. The molecule has 11 nitrogen and oxygen atoms in total. The molecular formula is C24H16F4N6O5. The second-order valence-electron chi connectivity index (χ2n) is 8.12. The van der Waals surface area contributed by atoms with Gasteiger partial charge in [0.2, 0.25) is 0 Å². The third kappa shape index (κ3) is 5.56. The predicted octanol–water partition coefficient (Wildman–Crippen LogP) is 3.06. The Bertz CT molecular complexity index is 1770. The summed E-state index contributed by atoms with van der Waals surface area (Å²) in [6.45, 7) is -0.382. The van der Waals surface area contributed by atoms with Gasteiger partial charge in [-0.1, -0.05) is 24.3 Å². The summed E-state index contributed by atoms with van der Waals surface area (Å²) in [5.41, 5.74) is 0.365. The molecule has 0 radical (unpaired) electrons. The number of aromatic amines is 1. The van der Waals surface area contributed by atoms with Gasteiger partial charge in [-0.15, -0.1) is 13.2 Å². The Morgan fingerprint density at radius 2 is 1.82 bits per heavy atom. The van der Waals surface area contributed by atoms with Crippen LogP contribution >= 0.6 is 0 Å². The van der Waals surface area contributed by atoms with Crippen LogP contribution in [0.5, 0.6) is 5.75 Å². The molecule has 3 heterocycles. The Morgan fingerprint density at radius 1 is 1.05 bits per heavy atom. The minimum Gasteiger partial charge on any atom is -0.408 e. The van der Waals surface area contributed by atoms with Crippen molar-refractivity contribution in [3.05, 3.63) is 93.6 Å². The van der Waals surface area contributed by atoms with E-state index in [1.54, 1.807) is 18.2 Å². The van der Waals surface area contributed by atoms with E-state index in [1.165, 1.54) is 18.2 Å². The highest BCUT2D eigenvalue weighted by Gasteiger charge is 2.32. The van der Waals surface area contributed by atoms with Crippen molar-refractivity contribution in [3.8, 4) is 5.75 Å². The fraction of sp³-hybridized carbons (Fsp3) is 0.125. The average Bonchev–Trinajstić information content (AvgIpc) is 3.46. The highest BCUT2D eigenvalue weighted by molar-refractivity contribution is 5.98. The summed E-state index contributed by atoms with van der Waals surface area (Å²) in [7, 11) is 0. The largest absolute Gasteiger partial charge is 0.573 e. The molecule has 0 aliphatic heterocycles. The van der Waals surface area contributed by atoms with Gasteiger partial charge in [-0.2, -0.15) is 5.10 Å². The van der Waals surface area contributed by atoms with Gasteiger partial charge in [0.05, 0.1) is 11.7 Å². The molecule has 39 heavy (non-hydrogen) atoms. The number of rotatable bonds is 7. The summed E-state index contributed by atoms with van der Waals surface area (Å²) in [6, 6.07) is 11.0. The summed E-state index contributed by atoms with van der Waals surface area (Å²) in [5, 5.41) is 8.76.